The van der Waals surface area contributed by atoms with Gasteiger partial charge in [-0.1, -0.05) is 53.8 Å². The van der Waals surface area contributed by atoms with Crippen LogP contribution in [0.3, 0.4) is 0 Å². The van der Waals surface area contributed by atoms with Crippen LogP contribution in [0, 0.1) is 0 Å². The molecule has 1 amide bonds. The highest BCUT2D eigenvalue weighted by molar-refractivity contribution is 7.18. The molecule has 3 aromatic rings. The monoisotopic (exact) mass is 397 g/mol. The third-order valence-corrected chi connectivity index (χ3v) is 5.02. The average molecular weight is 397 g/mol. The number of rotatable bonds is 8. The summed E-state index contributed by atoms with van der Waals surface area (Å²) in [6, 6.07) is 16.6. The average Bonchev–Trinajstić information content (AvgIpc) is 3.16. The first-order valence-electron chi connectivity index (χ1n) is 8.59. The van der Waals surface area contributed by atoms with E-state index >= 15 is 0 Å². The SMILES string of the molecule is COc1ccc(C(CC(=O)O)CC(=O)Nc2nnc(-c3ccccc3)s2)cc1. The van der Waals surface area contributed by atoms with Crippen molar-refractivity contribution in [3.05, 3.63) is 60.2 Å². The molecule has 1 unspecified atom stereocenters. The molecule has 1 heterocycles. The normalized spacial score (nSPS) is 11.6. The van der Waals surface area contributed by atoms with Gasteiger partial charge in [-0.3, -0.25) is 9.59 Å². The number of methoxy groups -OCH3 is 1. The van der Waals surface area contributed by atoms with E-state index in [1.54, 1.807) is 31.4 Å². The van der Waals surface area contributed by atoms with Crippen LogP contribution in [0.1, 0.15) is 24.3 Å². The van der Waals surface area contributed by atoms with Crippen molar-refractivity contribution < 1.29 is 19.4 Å². The van der Waals surface area contributed by atoms with E-state index in [0.717, 1.165) is 11.1 Å². The number of hydrogen-bond acceptors (Lipinski definition) is 6. The zero-order valence-electron chi connectivity index (χ0n) is 15.2. The van der Waals surface area contributed by atoms with E-state index < -0.39 is 11.9 Å². The van der Waals surface area contributed by atoms with Crippen molar-refractivity contribution in [1.82, 2.24) is 10.2 Å². The Morgan fingerprint density at radius 3 is 2.43 bits per heavy atom. The molecule has 28 heavy (non-hydrogen) atoms. The summed E-state index contributed by atoms with van der Waals surface area (Å²) in [6.45, 7) is 0. The van der Waals surface area contributed by atoms with Crippen LogP contribution in [0.4, 0.5) is 5.13 Å². The number of nitrogens with one attached hydrogen (secondary N) is 1. The van der Waals surface area contributed by atoms with Crippen LogP contribution in [-0.4, -0.2) is 34.3 Å². The van der Waals surface area contributed by atoms with Crippen LogP contribution in [0.15, 0.2) is 54.6 Å². The van der Waals surface area contributed by atoms with Gasteiger partial charge in [0.25, 0.3) is 0 Å². The summed E-state index contributed by atoms with van der Waals surface area (Å²) in [5.41, 5.74) is 1.68. The number of carbonyl (C=O) groups is 2. The van der Waals surface area contributed by atoms with Crippen LogP contribution in [-0.2, 0) is 9.59 Å². The van der Waals surface area contributed by atoms with Gasteiger partial charge in [0.1, 0.15) is 10.8 Å². The van der Waals surface area contributed by atoms with Gasteiger partial charge in [-0.05, 0) is 17.7 Å². The summed E-state index contributed by atoms with van der Waals surface area (Å²) >= 11 is 1.27. The molecular formula is C20H19N3O4S. The molecule has 0 aliphatic carbocycles. The molecule has 2 aromatic carbocycles. The predicted octanol–water partition coefficient (Wildman–Crippen LogP) is 3.80. The van der Waals surface area contributed by atoms with Crippen molar-refractivity contribution in [3.63, 3.8) is 0 Å². The minimum Gasteiger partial charge on any atom is -0.497 e. The highest BCUT2D eigenvalue weighted by atomic mass is 32.1. The summed E-state index contributed by atoms with van der Waals surface area (Å²) in [5, 5.41) is 21.1. The molecule has 0 saturated heterocycles. The molecule has 144 valence electrons. The molecule has 0 bridgehead atoms. The first-order valence-corrected chi connectivity index (χ1v) is 9.41. The number of carbonyl (C=O) groups excluding carboxylic acids is 1. The molecule has 0 aliphatic heterocycles. The number of aromatic nitrogens is 2. The maximum absolute atomic E-state index is 12.5. The van der Waals surface area contributed by atoms with E-state index in [1.807, 2.05) is 30.3 Å². The summed E-state index contributed by atoms with van der Waals surface area (Å²) in [6.07, 6.45) is -0.121. The minimum absolute atomic E-state index is 0.0267. The van der Waals surface area contributed by atoms with Gasteiger partial charge in [0, 0.05) is 17.9 Å². The van der Waals surface area contributed by atoms with Crippen LogP contribution >= 0.6 is 11.3 Å². The number of amides is 1. The van der Waals surface area contributed by atoms with Crippen LogP contribution in [0.25, 0.3) is 10.6 Å². The molecule has 3 rings (SSSR count). The molecule has 0 saturated carbocycles. The van der Waals surface area contributed by atoms with Crippen molar-refractivity contribution in [2.75, 3.05) is 12.4 Å². The molecule has 1 atom stereocenters. The van der Waals surface area contributed by atoms with E-state index in [9.17, 15) is 14.7 Å². The third kappa shape index (κ3) is 5.14. The van der Waals surface area contributed by atoms with Gasteiger partial charge in [0.2, 0.25) is 11.0 Å². The largest absolute Gasteiger partial charge is 0.497 e. The third-order valence-electron chi connectivity index (χ3n) is 4.13. The Morgan fingerprint density at radius 1 is 1.07 bits per heavy atom. The molecular weight excluding hydrogens is 378 g/mol. The number of aliphatic carboxylic acids is 1. The molecule has 0 fully saturated rings. The van der Waals surface area contributed by atoms with Gasteiger partial charge in [0.15, 0.2) is 0 Å². The van der Waals surface area contributed by atoms with Crippen LogP contribution in [0.2, 0.25) is 0 Å². The second kappa shape index (κ2) is 9.09. The maximum Gasteiger partial charge on any atom is 0.303 e. The van der Waals surface area contributed by atoms with E-state index in [4.69, 9.17) is 4.74 Å². The fourth-order valence-electron chi connectivity index (χ4n) is 2.76. The van der Waals surface area contributed by atoms with Crippen LogP contribution in [0.5, 0.6) is 5.75 Å². The standard InChI is InChI=1S/C20H19N3O4S/c1-27-16-9-7-13(8-10-16)15(12-18(25)26)11-17(24)21-20-23-22-19(28-20)14-5-3-2-4-6-14/h2-10,15H,11-12H2,1H3,(H,25,26)(H,21,23,24). The second-order valence-corrected chi connectivity index (χ2v) is 7.08. The van der Waals surface area contributed by atoms with E-state index in [1.165, 1.54) is 11.3 Å². The van der Waals surface area contributed by atoms with Crippen LogP contribution < -0.4 is 10.1 Å². The number of carboxylic acid groups (broad SMARTS) is 1. The number of hydrogen-bond donors (Lipinski definition) is 2. The Kier molecular flexibility index (Phi) is 6.33. The van der Waals surface area contributed by atoms with Gasteiger partial charge in [-0.25, -0.2) is 0 Å². The van der Waals surface area contributed by atoms with E-state index in [2.05, 4.69) is 15.5 Å². The van der Waals surface area contributed by atoms with Crippen molar-refractivity contribution in [2.45, 2.75) is 18.8 Å². The Hall–Kier alpha value is -3.26. The van der Waals surface area contributed by atoms with Gasteiger partial charge in [-0.15, -0.1) is 10.2 Å². The topological polar surface area (TPSA) is 101 Å². The number of carboxylic acids is 1. The van der Waals surface area contributed by atoms with Crippen molar-refractivity contribution in [2.24, 2.45) is 0 Å². The fraction of sp³-hybridized carbons (Fsp3) is 0.200. The first-order chi connectivity index (χ1) is 13.5. The van der Waals surface area contributed by atoms with Crippen molar-refractivity contribution in [3.8, 4) is 16.3 Å². The fourth-order valence-corrected chi connectivity index (χ4v) is 3.53. The lowest BCUT2D eigenvalue weighted by atomic mass is 9.92. The van der Waals surface area contributed by atoms with Gasteiger partial charge >= 0.3 is 5.97 Å². The number of nitrogens with zero attached hydrogens (tertiary/aromatic N) is 2. The highest BCUT2D eigenvalue weighted by Gasteiger charge is 2.20. The summed E-state index contributed by atoms with van der Waals surface area (Å²) < 4.78 is 5.12. The first kappa shape index (κ1) is 19.5. The Balaban J connectivity index is 1.68. The molecule has 0 radical (unpaired) electrons. The lowest BCUT2D eigenvalue weighted by molar-refractivity contribution is -0.137. The summed E-state index contributed by atoms with van der Waals surface area (Å²) in [5.74, 6) is -1.05. The molecule has 8 heteroatoms. The van der Waals surface area contributed by atoms with E-state index in [0.29, 0.717) is 15.9 Å². The van der Waals surface area contributed by atoms with Gasteiger partial charge in [-0.2, -0.15) is 0 Å². The van der Waals surface area contributed by atoms with Gasteiger partial charge < -0.3 is 15.2 Å². The number of ether oxygens (including phenoxy) is 1. The Labute approximate surface area is 166 Å². The number of anilines is 1. The zero-order valence-corrected chi connectivity index (χ0v) is 16.0. The summed E-state index contributed by atoms with van der Waals surface area (Å²) in [4.78, 5) is 23.7. The molecule has 0 aliphatic rings. The smallest absolute Gasteiger partial charge is 0.303 e. The van der Waals surface area contributed by atoms with Crippen molar-refractivity contribution in [1.29, 1.82) is 0 Å². The van der Waals surface area contributed by atoms with Crippen molar-refractivity contribution >= 4 is 28.3 Å². The lowest BCUT2D eigenvalue weighted by Crippen LogP contribution is -2.17. The second-order valence-electron chi connectivity index (χ2n) is 6.10. The quantitative estimate of drug-likeness (QED) is 0.599. The van der Waals surface area contributed by atoms with Gasteiger partial charge in [0.05, 0.1) is 13.5 Å². The molecule has 2 N–H and O–H groups in total. The molecule has 1 aromatic heterocycles. The molecule has 7 nitrogen and oxygen atoms in total. The zero-order chi connectivity index (χ0) is 19.9. The maximum atomic E-state index is 12.5. The summed E-state index contributed by atoms with van der Waals surface area (Å²) in [7, 11) is 1.56. The number of benzene rings is 2. The van der Waals surface area contributed by atoms with E-state index in [-0.39, 0.29) is 18.7 Å². The lowest BCUT2D eigenvalue weighted by Gasteiger charge is -2.15. The Morgan fingerprint density at radius 2 is 1.79 bits per heavy atom. The minimum atomic E-state index is -0.962. The highest BCUT2D eigenvalue weighted by Crippen LogP contribution is 2.28. The predicted molar refractivity (Wildman–Crippen MR) is 107 cm³/mol. The Bertz CT molecular complexity index is 942. The molecule has 0 spiro atoms.